The van der Waals surface area contributed by atoms with Crippen LogP contribution in [0, 0.1) is 13.8 Å². The third kappa shape index (κ3) is 2.07. The number of hydrogen-bond acceptors (Lipinski definition) is 3. The molecule has 0 N–H and O–H groups in total. The van der Waals surface area contributed by atoms with Crippen molar-refractivity contribution in [3.8, 4) is 5.69 Å². The number of fused-ring (bicyclic) bond motifs is 1. The van der Waals surface area contributed by atoms with Crippen LogP contribution in [0.5, 0.6) is 0 Å². The van der Waals surface area contributed by atoms with Gasteiger partial charge in [0.15, 0.2) is 0 Å². The predicted molar refractivity (Wildman–Crippen MR) is 83.5 cm³/mol. The molecule has 1 aromatic carbocycles. The number of para-hydroxylation sites is 1. The summed E-state index contributed by atoms with van der Waals surface area (Å²) in [5.41, 5.74) is 3.28. The summed E-state index contributed by atoms with van der Waals surface area (Å²) in [6.45, 7) is 5.78. The zero-order chi connectivity index (χ0) is 15.1. The van der Waals surface area contributed by atoms with E-state index in [4.69, 9.17) is 16.0 Å². The number of hydrogen-bond donors (Lipinski definition) is 0. The van der Waals surface area contributed by atoms with Crippen LogP contribution in [-0.4, -0.2) is 9.78 Å². The zero-order valence-electron chi connectivity index (χ0n) is 12.1. The first-order valence-electron chi connectivity index (χ1n) is 6.81. The fourth-order valence-corrected chi connectivity index (χ4v) is 2.90. The number of nitrogens with zero attached hydrogens (tertiary/aromatic N) is 2. The van der Waals surface area contributed by atoms with E-state index in [0.717, 1.165) is 16.6 Å². The summed E-state index contributed by atoms with van der Waals surface area (Å²) in [5.74, 6) is 0. The van der Waals surface area contributed by atoms with Crippen molar-refractivity contribution in [3.63, 3.8) is 0 Å². The minimum Gasteiger partial charge on any atom is -0.403 e. The molecule has 0 fully saturated rings. The van der Waals surface area contributed by atoms with E-state index in [0.29, 0.717) is 28.4 Å². The highest BCUT2D eigenvalue weighted by molar-refractivity contribution is 6.32. The van der Waals surface area contributed by atoms with Crippen molar-refractivity contribution in [3.05, 3.63) is 56.5 Å². The molecule has 0 atom stereocenters. The van der Waals surface area contributed by atoms with Crippen LogP contribution in [0.3, 0.4) is 0 Å². The number of aromatic nitrogens is 2. The summed E-state index contributed by atoms with van der Waals surface area (Å²) in [6.07, 6.45) is 0.640. The molecule has 2 heterocycles. The Bertz CT molecular complexity index is 893. The second kappa shape index (κ2) is 5.04. The van der Waals surface area contributed by atoms with Crippen molar-refractivity contribution in [2.45, 2.75) is 27.2 Å². The van der Waals surface area contributed by atoms with E-state index in [2.05, 4.69) is 5.10 Å². The van der Waals surface area contributed by atoms with Crippen LogP contribution >= 0.6 is 11.6 Å². The van der Waals surface area contributed by atoms with E-state index in [9.17, 15) is 4.79 Å². The van der Waals surface area contributed by atoms with E-state index in [1.54, 1.807) is 10.7 Å². The molecule has 3 aromatic rings. The Morgan fingerprint density at radius 2 is 2.00 bits per heavy atom. The Hall–Kier alpha value is -2.07. The molecule has 2 aromatic heterocycles. The normalized spacial score (nSPS) is 11.2. The van der Waals surface area contributed by atoms with Crippen LogP contribution in [0.15, 0.2) is 33.5 Å². The standard InChI is InChI=1S/C16H15ClN2O2/c1-4-11-9(2)14-10(3)18-19(15(14)21-16(11)20)13-8-6-5-7-12(13)17/h5-8H,4H2,1-3H3. The van der Waals surface area contributed by atoms with Crippen LogP contribution in [0.25, 0.3) is 16.8 Å². The van der Waals surface area contributed by atoms with Crippen LogP contribution < -0.4 is 5.63 Å². The molecule has 108 valence electrons. The molecule has 0 unspecified atom stereocenters. The van der Waals surface area contributed by atoms with Crippen molar-refractivity contribution in [2.24, 2.45) is 0 Å². The number of aryl methyl sites for hydroxylation is 2. The summed E-state index contributed by atoms with van der Waals surface area (Å²) in [4.78, 5) is 12.1. The molecule has 5 heteroatoms. The summed E-state index contributed by atoms with van der Waals surface area (Å²) < 4.78 is 7.11. The highest BCUT2D eigenvalue weighted by Gasteiger charge is 2.19. The fraction of sp³-hybridized carbons (Fsp3) is 0.250. The summed E-state index contributed by atoms with van der Waals surface area (Å²) in [6, 6.07) is 7.35. The summed E-state index contributed by atoms with van der Waals surface area (Å²) >= 11 is 6.23. The summed E-state index contributed by atoms with van der Waals surface area (Å²) in [7, 11) is 0. The first-order chi connectivity index (χ1) is 10.0. The van der Waals surface area contributed by atoms with Crippen molar-refractivity contribution in [2.75, 3.05) is 0 Å². The average Bonchev–Trinajstić information content (AvgIpc) is 2.76. The Labute approximate surface area is 127 Å². The second-order valence-electron chi connectivity index (χ2n) is 4.98. The van der Waals surface area contributed by atoms with Crippen LogP contribution in [0.2, 0.25) is 5.02 Å². The molecule has 0 saturated carbocycles. The smallest absolute Gasteiger partial charge is 0.341 e. The van der Waals surface area contributed by atoms with E-state index >= 15 is 0 Å². The quantitative estimate of drug-likeness (QED) is 0.723. The Balaban J connectivity index is 2.43. The van der Waals surface area contributed by atoms with E-state index < -0.39 is 0 Å². The van der Waals surface area contributed by atoms with Crippen molar-refractivity contribution < 1.29 is 4.42 Å². The number of benzene rings is 1. The lowest BCUT2D eigenvalue weighted by molar-refractivity contribution is 0.526. The third-order valence-corrected chi connectivity index (χ3v) is 4.04. The first kappa shape index (κ1) is 13.9. The molecule has 4 nitrogen and oxygen atoms in total. The van der Waals surface area contributed by atoms with Gasteiger partial charge in [-0.3, -0.25) is 0 Å². The van der Waals surface area contributed by atoms with Gasteiger partial charge in [-0.1, -0.05) is 30.7 Å². The minimum absolute atomic E-state index is 0.310. The van der Waals surface area contributed by atoms with Crippen LogP contribution in [0.1, 0.15) is 23.7 Å². The van der Waals surface area contributed by atoms with E-state index in [1.165, 1.54) is 0 Å². The third-order valence-electron chi connectivity index (χ3n) is 3.72. The molecule has 21 heavy (non-hydrogen) atoms. The molecular formula is C16H15ClN2O2. The maximum absolute atomic E-state index is 12.1. The molecule has 0 aliphatic heterocycles. The van der Waals surface area contributed by atoms with E-state index in [-0.39, 0.29) is 5.63 Å². The van der Waals surface area contributed by atoms with Crippen LogP contribution in [0.4, 0.5) is 0 Å². The van der Waals surface area contributed by atoms with Gasteiger partial charge < -0.3 is 4.42 Å². The lowest BCUT2D eigenvalue weighted by Crippen LogP contribution is -2.10. The van der Waals surface area contributed by atoms with Gasteiger partial charge in [-0.2, -0.15) is 9.78 Å². The Morgan fingerprint density at radius 1 is 1.29 bits per heavy atom. The molecule has 0 aliphatic carbocycles. The summed E-state index contributed by atoms with van der Waals surface area (Å²) in [5, 5.41) is 5.94. The lowest BCUT2D eigenvalue weighted by atomic mass is 10.1. The highest BCUT2D eigenvalue weighted by Crippen LogP contribution is 2.28. The Morgan fingerprint density at radius 3 is 2.67 bits per heavy atom. The van der Waals surface area contributed by atoms with Gasteiger partial charge >= 0.3 is 5.63 Å². The van der Waals surface area contributed by atoms with Gasteiger partial charge in [-0.15, -0.1) is 0 Å². The van der Waals surface area contributed by atoms with Crippen molar-refractivity contribution in [1.82, 2.24) is 9.78 Å². The molecule has 0 radical (unpaired) electrons. The Kier molecular flexibility index (Phi) is 3.33. The SMILES string of the molecule is CCc1c(C)c2c(C)nn(-c3ccccc3Cl)c2oc1=O. The number of rotatable bonds is 2. The maximum atomic E-state index is 12.1. The van der Waals surface area contributed by atoms with Gasteiger partial charge in [-0.25, -0.2) is 4.79 Å². The maximum Gasteiger partial charge on any atom is 0.341 e. The molecule has 0 bridgehead atoms. The lowest BCUT2D eigenvalue weighted by Gasteiger charge is -2.06. The highest BCUT2D eigenvalue weighted by atomic mass is 35.5. The van der Waals surface area contributed by atoms with Gasteiger partial charge in [0.25, 0.3) is 0 Å². The molecule has 0 amide bonds. The van der Waals surface area contributed by atoms with Gasteiger partial charge in [0.1, 0.15) is 0 Å². The fourth-order valence-electron chi connectivity index (χ4n) is 2.68. The topological polar surface area (TPSA) is 48.0 Å². The minimum atomic E-state index is -0.310. The molecule has 0 aliphatic rings. The number of halogens is 1. The molecule has 0 saturated heterocycles. The van der Waals surface area contributed by atoms with Crippen molar-refractivity contribution in [1.29, 1.82) is 0 Å². The molecule has 3 rings (SSSR count). The zero-order valence-corrected chi connectivity index (χ0v) is 12.9. The first-order valence-corrected chi connectivity index (χ1v) is 7.19. The molecular weight excluding hydrogens is 288 g/mol. The van der Waals surface area contributed by atoms with Gasteiger partial charge in [-0.05, 0) is 38.0 Å². The van der Waals surface area contributed by atoms with Gasteiger partial charge in [0.05, 0.1) is 21.8 Å². The van der Waals surface area contributed by atoms with E-state index in [1.807, 2.05) is 39.0 Å². The van der Waals surface area contributed by atoms with Crippen LogP contribution in [-0.2, 0) is 6.42 Å². The monoisotopic (exact) mass is 302 g/mol. The van der Waals surface area contributed by atoms with Crippen molar-refractivity contribution >= 4 is 22.7 Å². The van der Waals surface area contributed by atoms with Gasteiger partial charge in [0.2, 0.25) is 5.71 Å². The average molecular weight is 303 g/mol. The second-order valence-corrected chi connectivity index (χ2v) is 5.38. The molecule has 0 spiro atoms. The van der Waals surface area contributed by atoms with Gasteiger partial charge in [0, 0.05) is 5.56 Å². The largest absolute Gasteiger partial charge is 0.403 e. The predicted octanol–water partition coefficient (Wildman–Crippen LogP) is 3.81.